The Labute approximate surface area is 149 Å². The van der Waals surface area contributed by atoms with E-state index in [2.05, 4.69) is 24.0 Å². The van der Waals surface area contributed by atoms with Gasteiger partial charge in [-0.2, -0.15) is 0 Å². The molecule has 0 fully saturated rings. The fraction of sp³-hybridized carbons (Fsp3) is 0.316. The van der Waals surface area contributed by atoms with Gasteiger partial charge in [-0.1, -0.05) is 37.6 Å². The van der Waals surface area contributed by atoms with Crippen LogP contribution in [0.15, 0.2) is 48.8 Å². The lowest BCUT2D eigenvalue weighted by molar-refractivity contribution is 0.118. The van der Waals surface area contributed by atoms with E-state index in [-0.39, 0.29) is 0 Å². The molecule has 0 bridgehead atoms. The Bertz CT molecular complexity index is 667. The van der Waals surface area contributed by atoms with Crippen molar-refractivity contribution in [3.63, 3.8) is 0 Å². The van der Waals surface area contributed by atoms with Crippen molar-refractivity contribution in [2.75, 3.05) is 12.3 Å². The lowest BCUT2D eigenvalue weighted by Gasteiger charge is -2.15. The minimum Gasteiger partial charge on any atom is -0.397 e. The number of hydrazine groups is 1. The van der Waals surface area contributed by atoms with Crippen LogP contribution in [0.3, 0.4) is 0 Å². The summed E-state index contributed by atoms with van der Waals surface area (Å²) in [6.07, 6.45) is 5.56. The van der Waals surface area contributed by atoms with Crippen LogP contribution in [-0.2, 0) is 17.9 Å². The first-order valence-electron chi connectivity index (χ1n) is 8.44. The summed E-state index contributed by atoms with van der Waals surface area (Å²) in [5.41, 5.74) is 15.2. The maximum Gasteiger partial charge on any atom is 0.123 e. The van der Waals surface area contributed by atoms with E-state index in [9.17, 15) is 0 Å². The first kappa shape index (κ1) is 18.8. The normalized spacial score (nSPS) is 11.5. The number of aromatic nitrogens is 1. The van der Waals surface area contributed by atoms with E-state index < -0.39 is 0 Å². The molecule has 1 aromatic carbocycles. The van der Waals surface area contributed by atoms with Gasteiger partial charge in [0.1, 0.15) is 5.82 Å². The molecule has 0 saturated carbocycles. The van der Waals surface area contributed by atoms with E-state index in [4.69, 9.17) is 22.0 Å². The van der Waals surface area contributed by atoms with Crippen molar-refractivity contribution in [1.29, 1.82) is 0 Å². The Morgan fingerprint density at radius 3 is 2.52 bits per heavy atom. The maximum atomic E-state index is 6.05. The third kappa shape index (κ3) is 6.45. The number of nitrogens with two attached hydrogens (primary N) is 3. The van der Waals surface area contributed by atoms with Crippen molar-refractivity contribution in [3.8, 4) is 0 Å². The Balaban J connectivity index is 1.88. The van der Waals surface area contributed by atoms with Gasteiger partial charge in [0.25, 0.3) is 0 Å². The van der Waals surface area contributed by atoms with Gasteiger partial charge in [0.2, 0.25) is 0 Å². The van der Waals surface area contributed by atoms with Crippen LogP contribution in [0.25, 0.3) is 5.70 Å². The first-order valence-corrected chi connectivity index (χ1v) is 8.44. The van der Waals surface area contributed by atoms with Gasteiger partial charge in [-0.25, -0.2) is 10.8 Å². The molecule has 6 nitrogen and oxygen atoms in total. The molecule has 0 unspecified atom stereocenters. The second-order valence-electron chi connectivity index (χ2n) is 5.95. The fourth-order valence-electron chi connectivity index (χ4n) is 2.26. The van der Waals surface area contributed by atoms with E-state index in [0.29, 0.717) is 24.7 Å². The molecule has 1 aromatic heterocycles. The summed E-state index contributed by atoms with van der Waals surface area (Å²) in [6.45, 7) is 4.16. The molecule has 0 atom stereocenters. The number of anilines is 1. The molecule has 2 aromatic rings. The first-order chi connectivity index (χ1) is 12.1. The van der Waals surface area contributed by atoms with Crippen LogP contribution >= 0.6 is 0 Å². The second kappa shape index (κ2) is 9.66. The van der Waals surface area contributed by atoms with Gasteiger partial charge in [0.15, 0.2) is 0 Å². The van der Waals surface area contributed by atoms with Crippen LogP contribution in [0.2, 0.25) is 0 Å². The van der Waals surface area contributed by atoms with E-state index in [1.807, 2.05) is 18.2 Å². The summed E-state index contributed by atoms with van der Waals surface area (Å²) in [5, 5.41) is 1.55. The highest BCUT2D eigenvalue weighted by atomic mass is 16.5. The summed E-state index contributed by atoms with van der Waals surface area (Å²) in [7, 11) is 0. The number of nitrogens with zero attached hydrogens (tertiary/aromatic N) is 2. The van der Waals surface area contributed by atoms with Crippen LogP contribution in [0, 0.1) is 0 Å². The topological polar surface area (TPSA) is 103 Å². The summed E-state index contributed by atoms with van der Waals surface area (Å²) in [5.74, 6) is 6.49. The van der Waals surface area contributed by atoms with Crippen LogP contribution in [-0.4, -0.2) is 16.6 Å². The quantitative estimate of drug-likeness (QED) is 0.368. The van der Waals surface area contributed by atoms with Gasteiger partial charge in [0.05, 0.1) is 18.8 Å². The van der Waals surface area contributed by atoms with Crippen molar-refractivity contribution in [3.05, 3.63) is 65.5 Å². The Morgan fingerprint density at radius 2 is 1.88 bits per heavy atom. The van der Waals surface area contributed by atoms with Gasteiger partial charge in [-0.05, 0) is 29.7 Å². The average molecular weight is 341 g/mol. The Hall–Kier alpha value is -2.57. The van der Waals surface area contributed by atoms with Gasteiger partial charge >= 0.3 is 0 Å². The molecule has 2 rings (SSSR count). The van der Waals surface area contributed by atoms with Crippen molar-refractivity contribution >= 4 is 11.5 Å². The van der Waals surface area contributed by atoms with Crippen LogP contribution in [0.1, 0.15) is 36.5 Å². The molecule has 134 valence electrons. The third-order valence-corrected chi connectivity index (χ3v) is 3.72. The lowest BCUT2D eigenvalue weighted by Crippen LogP contribution is -2.25. The van der Waals surface area contributed by atoms with E-state index in [1.165, 1.54) is 0 Å². The summed E-state index contributed by atoms with van der Waals surface area (Å²) < 4.78 is 5.62. The highest BCUT2D eigenvalue weighted by molar-refractivity contribution is 5.62. The number of unbranched alkanes of at least 4 members (excludes halogenated alkanes) is 1. The Morgan fingerprint density at radius 1 is 1.16 bits per heavy atom. The van der Waals surface area contributed by atoms with Gasteiger partial charge in [0, 0.05) is 24.6 Å². The zero-order chi connectivity index (χ0) is 18.1. The number of hydrogen-bond acceptors (Lipinski definition) is 6. The fourth-order valence-corrected chi connectivity index (χ4v) is 2.26. The standard InChI is InChI=1S/C19H27N5O/c1-2-3-10-25-14-16-6-4-15(5-7-16)12-24(22)13-18(20)17-8-9-19(21)23-11-17/h4-9,11,13H,2-3,10,12,14,20,22H2,1H3,(H2,21,23)/b18-13-. The molecule has 0 aliphatic rings. The molecular formula is C19H27N5O. The number of rotatable bonds is 9. The number of ether oxygens (including phenoxy) is 1. The molecule has 0 spiro atoms. The number of hydrogen-bond donors (Lipinski definition) is 3. The maximum absolute atomic E-state index is 6.05. The van der Waals surface area contributed by atoms with Gasteiger partial charge < -0.3 is 21.2 Å². The molecule has 6 heteroatoms. The molecule has 6 N–H and O–H groups in total. The van der Waals surface area contributed by atoms with Crippen LogP contribution in [0.5, 0.6) is 0 Å². The number of nitrogen functional groups attached to an aromatic ring is 1. The van der Waals surface area contributed by atoms with Crippen molar-refractivity contribution < 1.29 is 4.74 Å². The molecule has 0 saturated heterocycles. The predicted octanol–water partition coefficient (Wildman–Crippen LogP) is 2.61. The third-order valence-electron chi connectivity index (χ3n) is 3.72. The lowest BCUT2D eigenvalue weighted by atomic mass is 10.1. The van der Waals surface area contributed by atoms with Gasteiger partial charge in [-0.15, -0.1) is 0 Å². The second-order valence-corrected chi connectivity index (χ2v) is 5.95. The summed E-state index contributed by atoms with van der Waals surface area (Å²) in [6, 6.07) is 11.7. The molecule has 0 aliphatic carbocycles. The van der Waals surface area contributed by atoms with E-state index >= 15 is 0 Å². The highest BCUT2D eigenvalue weighted by Crippen LogP contribution is 2.12. The van der Waals surface area contributed by atoms with Crippen molar-refractivity contribution in [2.45, 2.75) is 32.9 Å². The monoisotopic (exact) mass is 341 g/mol. The van der Waals surface area contributed by atoms with Gasteiger partial charge in [-0.3, -0.25) is 0 Å². The number of pyridine rings is 1. The zero-order valence-electron chi connectivity index (χ0n) is 14.7. The largest absolute Gasteiger partial charge is 0.397 e. The smallest absolute Gasteiger partial charge is 0.123 e. The number of benzene rings is 1. The predicted molar refractivity (Wildman–Crippen MR) is 102 cm³/mol. The van der Waals surface area contributed by atoms with Crippen molar-refractivity contribution in [1.82, 2.24) is 9.99 Å². The molecule has 0 amide bonds. The molecule has 0 radical (unpaired) electrons. The van der Waals surface area contributed by atoms with Crippen LogP contribution in [0.4, 0.5) is 5.82 Å². The van der Waals surface area contributed by atoms with Crippen LogP contribution < -0.4 is 17.3 Å². The SMILES string of the molecule is CCCCOCc1ccc(CN(N)/C=C(\N)c2ccc(N)nc2)cc1. The Kier molecular flexibility index (Phi) is 7.25. The summed E-state index contributed by atoms with van der Waals surface area (Å²) >= 11 is 0. The molecular weight excluding hydrogens is 314 g/mol. The minimum atomic E-state index is 0.458. The van der Waals surface area contributed by atoms with E-state index in [1.54, 1.807) is 23.5 Å². The zero-order valence-corrected chi connectivity index (χ0v) is 14.7. The van der Waals surface area contributed by atoms with E-state index in [0.717, 1.165) is 36.1 Å². The molecule has 0 aliphatic heterocycles. The van der Waals surface area contributed by atoms with Crippen molar-refractivity contribution in [2.24, 2.45) is 11.6 Å². The minimum absolute atomic E-state index is 0.458. The highest BCUT2D eigenvalue weighted by Gasteiger charge is 2.02. The summed E-state index contributed by atoms with van der Waals surface area (Å²) in [4.78, 5) is 4.02. The molecule has 25 heavy (non-hydrogen) atoms. The average Bonchev–Trinajstić information content (AvgIpc) is 2.60. The molecule has 1 heterocycles.